The summed E-state index contributed by atoms with van der Waals surface area (Å²) < 4.78 is 36.6. The number of aliphatic hydroxyl groups excluding tert-OH is 1. The van der Waals surface area contributed by atoms with Crippen LogP contribution in [-0.2, 0) is 4.79 Å². The number of alkyl halides is 3. The molecule has 0 atom stereocenters. The summed E-state index contributed by atoms with van der Waals surface area (Å²) in [4.78, 5) is 14.3. The Balaban J connectivity index is 2.38. The minimum Gasteiger partial charge on any atom is -0.396 e. The molecule has 0 radical (unpaired) electrons. The third-order valence-corrected chi connectivity index (χ3v) is 3.92. The molecule has 118 valence electrons. The quantitative estimate of drug-likeness (QED) is 0.836. The molecule has 4 nitrogen and oxygen atoms in total. The highest BCUT2D eigenvalue weighted by Crippen LogP contribution is 2.26. The molecule has 1 aliphatic carbocycles. The fourth-order valence-corrected chi connectivity index (χ4v) is 2.59. The van der Waals surface area contributed by atoms with E-state index in [1.165, 1.54) is 7.05 Å². The Morgan fingerprint density at radius 2 is 1.75 bits per heavy atom. The van der Waals surface area contributed by atoms with Crippen LogP contribution in [0.15, 0.2) is 0 Å². The topological polar surface area (TPSA) is 43.8 Å². The van der Waals surface area contributed by atoms with Crippen molar-refractivity contribution in [2.75, 3.05) is 33.8 Å². The summed E-state index contributed by atoms with van der Waals surface area (Å²) in [6, 6.07) is 0.209. The number of amides is 1. The van der Waals surface area contributed by atoms with Gasteiger partial charge in [-0.2, -0.15) is 13.2 Å². The van der Waals surface area contributed by atoms with Crippen molar-refractivity contribution in [3.63, 3.8) is 0 Å². The van der Waals surface area contributed by atoms with Gasteiger partial charge in [0.15, 0.2) is 0 Å². The first kappa shape index (κ1) is 17.2. The highest BCUT2D eigenvalue weighted by molar-refractivity contribution is 5.78. The molecule has 0 aliphatic heterocycles. The molecule has 0 unspecified atom stereocenters. The molecule has 0 aromatic rings. The molecule has 20 heavy (non-hydrogen) atoms. The molecule has 0 spiro atoms. The largest absolute Gasteiger partial charge is 0.406 e. The van der Waals surface area contributed by atoms with E-state index in [1.807, 2.05) is 4.90 Å². The van der Waals surface area contributed by atoms with E-state index in [2.05, 4.69) is 0 Å². The van der Waals surface area contributed by atoms with Crippen molar-refractivity contribution in [3.05, 3.63) is 0 Å². The monoisotopic (exact) mass is 296 g/mol. The Morgan fingerprint density at radius 1 is 1.20 bits per heavy atom. The van der Waals surface area contributed by atoms with Crippen molar-refractivity contribution in [2.45, 2.75) is 37.9 Å². The summed E-state index contributed by atoms with van der Waals surface area (Å²) in [6.07, 6.45) is -0.811. The summed E-state index contributed by atoms with van der Waals surface area (Å²) in [5, 5.41) is 9.06. The first-order valence-electron chi connectivity index (χ1n) is 6.84. The van der Waals surface area contributed by atoms with Gasteiger partial charge in [-0.15, -0.1) is 0 Å². The lowest BCUT2D eigenvalue weighted by Crippen LogP contribution is -2.45. The number of nitrogens with zero attached hydrogens (tertiary/aromatic N) is 2. The average Bonchev–Trinajstić information content (AvgIpc) is 2.36. The first-order chi connectivity index (χ1) is 9.23. The Bertz CT molecular complexity index is 315. The summed E-state index contributed by atoms with van der Waals surface area (Å²) >= 11 is 0. The zero-order valence-corrected chi connectivity index (χ0v) is 12.0. The molecule has 1 rings (SSSR count). The van der Waals surface area contributed by atoms with E-state index in [0.717, 1.165) is 30.6 Å². The molecule has 1 saturated carbocycles. The third kappa shape index (κ3) is 5.66. The van der Waals surface area contributed by atoms with Gasteiger partial charge in [-0.1, -0.05) is 0 Å². The molecule has 7 heteroatoms. The van der Waals surface area contributed by atoms with Gasteiger partial charge in [-0.3, -0.25) is 9.69 Å². The number of carbonyl (C=O) groups excluding carboxylic acids is 1. The fraction of sp³-hybridized carbons (Fsp3) is 0.923. The van der Waals surface area contributed by atoms with Crippen LogP contribution >= 0.6 is 0 Å². The van der Waals surface area contributed by atoms with Gasteiger partial charge in [0, 0.05) is 19.7 Å². The van der Waals surface area contributed by atoms with Crippen molar-refractivity contribution >= 4 is 5.91 Å². The summed E-state index contributed by atoms with van der Waals surface area (Å²) in [7, 11) is 2.94. The van der Waals surface area contributed by atoms with Crippen LogP contribution in [0.4, 0.5) is 13.2 Å². The highest BCUT2D eigenvalue weighted by atomic mass is 19.4. The van der Waals surface area contributed by atoms with E-state index >= 15 is 0 Å². The second-order valence-electron chi connectivity index (χ2n) is 5.64. The third-order valence-electron chi connectivity index (χ3n) is 3.92. The Morgan fingerprint density at radius 3 is 2.20 bits per heavy atom. The molecule has 1 aliphatic rings. The van der Waals surface area contributed by atoms with E-state index in [9.17, 15) is 18.0 Å². The SMILES string of the molecule is CN(CC(F)(F)F)C(=O)CN(C)C1CCC(CO)CC1. The van der Waals surface area contributed by atoms with Crippen LogP contribution in [0.3, 0.4) is 0 Å². The van der Waals surface area contributed by atoms with Crippen LogP contribution in [-0.4, -0.2) is 66.8 Å². The van der Waals surface area contributed by atoms with E-state index < -0.39 is 18.6 Å². The zero-order valence-electron chi connectivity index (χ0n) is 12.0. The number of hydrogen-bond donors (Lipinski definition) is 1. The summed E-state index contributed by atoms with van der Waals surface area (Å²) in [5.74, 6) is -0.197. The summed E-state index contributed by atoms with van der Waals surface area (Å²) in [5.41, 5.74) is 0. The van der Waals surface area contributed by atoms with Crippen LogP contribution in [0.25, 0.3) is 0 Å². The second kappa shape index (κ2) is 7.26. The number of halogens is 3. The van der Waals surface area contributed by atoms with E-state index in [-0.39, 0.29) is 19.2 Å². The van der Waals surface area contributed by atoms with Crippen molar-refractivity contribution in [3.8, 4) is 0 Å². The maximum absolute atomic E-state index is 12.2. The standard InChI is InChI=1S/C13H23F3N2O2/c1-17(11-5-3-10(8-19)4-6-11)7-12(20)18(2)9-13(14,15)16/h10-11,19H,3-9H2,1-2H3. The molecule has 0 heterocycles. The molecule has 0 bridgehead atoms. The van der Waals surface area contributed by atoms with Crippen molar-refractivity contribution < 1.29 is 23.1 Å². The van der Waals surface area contributed by atoms with Gasteiger partial charge in [-0.25, -0.2) is 0 Å². The normalized spacial score (nSPS) is 23.9. The predicted octanol–water partition coefficient (Wildman–Crippen LogP) is 1.49. The Hall–Kier alpha value is -0.820. The molecule has 1 amide bonds. The summed E-state index contributed by atoms with van der Waals surface area (Å²) in [6.45, 7) is -1.03. The van der Waals surface area contributed by atoms with Crippen LogP contribution < -0.4 is 0 Å². The number of likely N-dealkylation sites (N-methyl/N-ethyl adjacent to an activating group) is 2. The first-order valence-corrected chi connectivity index (χ1v) is 6.84. The van der Waals surface area contributed by atoms with Gasteiger partial charge < -0.3 is 10.0 Å². The number of aliphatic hydroxyl groups is 1. The smallest absolute Gasteiger partial charge is 0.396 e. The minimum atomic E-state index is -4.36. The van der Waals surface area contributed by atoms with Crippen LogP contribution in [0, 0.1) is 5.92 Å². The Kier molecular flexibility index (Phi) is 6.26. The lowest BCUT2D eigenvalue weighted by Gasteiger charge is -2.34. The highest BCUT2D eigenvalue weighted by Gasteiger charge is 2.32. The molecular weight excluding hydrogens is 273 g/mol. The Labute approximate surface area is 117 Å². The van der Waals surface area contributed by atoms with Crippen LogP contribution in [0.2, 0.25) is 0 Å². The number of carbonyl (C=O) groups is 1. The molecule has 1 fully saturated rings. The van der Waals surface area contributed by atoms with Gasteiger partial charge in [0.25, 0.3) is 0 Å². The van der Waals surface area contributed by atoms with Gasteiger partial charge in [0.05, 0.1) is 6.54 Å². The van der Waals surface area contributed by atoms with Crippen molar-refractivity contribution in [2.24, 2.45) is 5.92 Å². The molecule has 0 saturated heterocycles. The predicted molar refractivity (Wildman–Crippen MR) is 69.2 cm³/mol. The van der Waals surface area contributed by atoms with Crippen molar-refractivity contribution in [1.82, 2.24) is 9.80 Å². The molecular formula is C13H23F3N2O2. The van der Waals surface area contributed by atoms with E-state index in [0.29, 0.717) is 5.92 Å². The molecule has 0 aromatic heterocycles. The van der Waals surface area contributed by atoms with Gasteiger partial charge in [0.1, 0.15) is 6.54 Å². The van der Waals surface area contributed by atoms with Crippen LogP contribution in [0.5, 0.6) is 0 Å². The van der Waals surface area contributed by atoms with E-state index in [4.69, 9.17) is 5.11 Å². The lowest BCUT2D eigenvalue weighted by atomic mass is 9.86. The second-order valence-corrected chi connectivity index (χ2v) is 5.64. The molecule has 0 aromatic carbocycles. The maximum Gasteiger partial charge on any atom is 0.406 e. The van der Waals surface area contributed by atoms with Crippen LogP contribution in [0.1, 0.15) is 25.7 Å². The number of hydrogen-bond acceptors (Lipinski definition) is 3. The molecule has 1 N–H and O–H groups in total. The minimum absolute atomic E-state index is 0.00103. The van der Waals surface area contributed by atoms with Gasteiger partial charge in [0.2, 0.25) is 5.91 Å². The van der Waals surface area contributed by atoms with Gasteiger partial charge >= 0.3 is 6.18 Å². The maximum atomic E-state index is 12.2. The van der Waals surface area contributed by atoms with Gasteiger partial charge in [-0.05, 0) is 38.6 Å². The number of rotatable bonds is 5. The average molecular weight is 296 g/mol. The zero-order chi connectivity index (χ0) is 15.3. The lowest BCUT2D eigenvalue weighted by molar-refractivity contribution is -0.159. The fourth-order valence-electron chi connectivity index (χ4n) is 2.59. The van der Waals surface area contributed by atoms with E-state index in [1.54, 1.807) is 7.05 Å². The van der Waals surface area contributed by atoms with Crippen molar-refractivity contribution in [1.29, 1.82) is 0 Å².